The van der Waals surface area contributed by atoms with E-state index in [-0.39, 0.29) is 17.9 Å². The van der Waals surface area contributed by atoms with Gasteiger partial charge < -0.3 is 5.11 Å². The fraction of sp³-hybridized carbons (Fsp3) is 0.357. The van der Waals surface area contributed by atoms with Crippen molar-refractivity contribution in [2.45, 2.75) is 18.4 Å². The lowest BCUT2D eigenvalue weighted by Crippen LogP contribution is -2.33. The molecule has 2 heterocycles. The number of aromatic nitrogens is 1. The van der Waals surface area contributed by atoms with Crippen molar-refractivity contribution in [2.75, 3.05) is 11.5 Å². The van der Waals surface area contributed by atoms with E-state index in [9.17, 15) is 13.5 Å². The van der Waals surface area contributed by atoms with Gasteiger partial charge in [-0.1, -0.05) is 24.3 Å². The summed E-state index contributed by atoms with van der Waals surface area (Å²) in [7, 11) is -3.09. The minimum atomic E-state index is -3.09. The van der Waals surface area contributed by atoms with Crippen molar-refractivity contribution in [3.05, 3.63) is 42.1 Å². The number of para-hydroxylation sites is 1. The summed E-state index contributed by atoms with van der Waals surface area (Å²) in [5.74, 6) is -0.0917. The van der Waals surface area contributed by atoms with Gasteiger partial charge in [0, 0.05) is 17.5 Å². The molecule has 2 aromatic rings. The van der Waals surface area contributed by atoms with Crippen LogP contribution in [0.15, 0.2) is 36.4 Å². The Hall–Kier alpha value is -1.46. The van der Waals surface area contributed by atoms with Gasteiger partial charge >= 0.3 is 0 Å². The molecule has 100 valence electrons. The van der Waals surface area contributed by atoms with Gasteiger partial charge in [0.15, 0.2) is 9.84 Å². The van der Waals surface area contributed by atoms with E-state index in [0.717, 1.165) is 16.6 Å². The number of pyridine rings is 1. The Bertz CT molecular complexity index is 726. The SMILES string of the molecule is O=S1(=O)CCC(O)(Cc2ccc3ccccc3n2)C1. The minimum absolute atomic E-state index is 0.0665. The molecule has 1 fully saturated rings. The lowest BCUT2D eigenvalue weighted by Gasteiger charge is -2.20. The molecule has 4 nitrogen and oxygen atoms in total. The third kappa shape index (κ3) is 2.62. The first kappa shape index (κ1) is 12.6. The molecule has 1 aliphatic rings. The Morgan fingerprint density at radius 1 is 1.21 bits per heavy atom. The normalized spacial score (nSPS) is 25.7. The number of hydrogen-bond donors (Lipinski definition) is 1. The zero-order chi connectivity index (χ0) is 13.5. The first-order valence-electron chi connectivity index (χ1n) is 6.23. The van der Waals surface area contributed by atoms with Crippen molar-refractivity contribution in [3.63, 3.8) is 0 Å². The molecule has 1 atom stereocenters. The van der Waals surface area contributed by atoms with E-state index in [2.05, 4.69) is 4.98 Å². The number of fused-ring (bicyclic) bond motifs is 1. The van der Waals surface area contributed by atoms with Crippen LogP contribution < -0.4 is 0 Å². The number of aliphatic hydroxyl groups is 1. The highest BCUT2D eigenvalue weighted by molar-refractivity contribution is 7.91. The van der Waals surface area contributed by atoms with Gasteiger partial charge in [-0.15, -0.1) is 0 Å². The Labute approximate surface area is 112 Å². The van der Waals surface area contributed by atoms with Gasteiger partial charge in [0.2, 0.25) is 0 Å². The highest BCUT2D eigenvalue weighted by atomic mass is 32.2. The summed E-state index contributed by atoms with van der Waals surface area (Å²) in [6, 6.07) is 11.5. The van der Waals surface area contributed by atoms with Gasteiger partial charge in [0.05, 0.1) is 22.6 Å². The molecule has 1 saturated heterocycles. The Balaban J connectivity index is 1.89. The van der Waals surface area contributed by atoms with Gasteiger partial charge in [-0.05, 0) is 18.6 Å². The Kier molecular flexibility index (Phi) is 2.83. The molecule has 0 amide bonds. The second-order valence-corrected chi connectivity index (χ2v) is 7.42. The quantitative estimate of drug-likeness (QED) is 0.899. The molecule has 0 radical (unpaired) electrons. The van der Waals surface area contributed by atoms with E-state index in [1.807, 2.05) is 36.4 Å². The van der Waals surface area contributed by atoms with Gasteiger partial charge in [-0.25, -0.2) is 8.42 Å². The zero-order valence-corrected chi connectivity index (χ0v) is 11.2. The molecule has 1 aromatic heterocycles. The summed E-state index contributed by atoms with van der Waals surface area (Å²) in [6.07, 6.45) is 0.584. The van der Waals surface area contributed by atoms with Crippen LogP contribution in [0.3, 0.4) is 0 Å². The first-order valence-corrected chi connectivity index (χ1v) is 8.06. The maximum absolute atomic E-state index is 11.5. The second kappa shape index (κ2) is 4.28. The van der Waals surface area contributed by atoms with Crippen LogP contribution in [0.4, 0.5) is 0 Å². The summed E-state index contributed by atoms with van der Waals surface area (Å²) in [5, 5.41) is 11.4. The lowest BCUT2D eigenvalue weighted by atomic mass is 9.96. The van der Waals surface area contributed by atoms with Crippen LogP contribution >= 0.6 is 0 Å². The largest absolute Gasteiger partial charge is 0.388 e. The molecule has 1 aromatic carbocycles. The summed E-state index contributed by atoms with van der Waals surface area (Å²) in [5.41, 5.74) is 0.441. The third-order valence-electron chi connectivity index (χ3n) is 3.53. The van der Waals surface area contributed by atoms with Crippen molar-refractivity contribution in [2.24, 2.45) is 0 Å². The van der Waals surface area contributed by atoms with Crippen LogP contribution in [-0.2, 0) is 16.3 Å². The fourth-order valence-electron chi connectivity index (χ4n) is 2.58. The van der Waals surface area contributed by atoms with Crippen LogP contribution in [0.25, 0.3) is 10.9 Å². The van der Waals surface area contributed by atoms with Crippen LogP contribution in [0.5, 0.6) is 0 Å². The van der Waals surface area contributed by atoms with E-state index in [1.165, 1.54) is 0 Å². The Morgan fingerprint density at radius 2 is 2.00 bits per heavy atom. The van der Waals surface area contributed by atoms with E-state index in [1.54, 1.807) is 0 Å². The predicted octanol–water partition coefficient (Wildman–Crippen LogP) is 1.33. The molecular weight excluding hydrogens is 262 g/mol. The van der Waals surface area contributed by atoms with E-state index in [4.69, 9.17) is 0 Å². The first-order chi connectivity index (χ1) is 8.96. The highest BCUT2D eigenvalue weighted by Crippen LogP contribution is 2.27. The topological polar surface area (TPSA) is 67.3 Å². The van der Waals surface area contributed by atoms with E-state index < -0.39 is 15.4 Å². The zero-order valence-electron chi connectivity index (χ0n) is 10.4. The predicted molar refractivity (Wildman–Crippen MR) is 73.7 cm³/mol. The van der Waals surface area contributed by atoms with Crippen LogP contribution in [0.2, 0.25) is 0 Å². The molecule has 19 heavy (non-hydrogen) atoms. The maximum atomic E-state index is 11.5. The molecule has 1 N–H and O–H groups in total. The molecule has 3 rings (SSSR count). The van der Waals surface area contributed by atoms with Crippen molar-refractivity contribution in [3.8, 4) is 0 Å². The number of nitrogens with zero attached hydrogens (tertiary/aromatic N) is 1. The smallest absolute Gasteiger partial charge is 0.153 e. The molecule has 1 unspecified atom stereocenters. The molecule has 1 aliphatic heterocycles. The third-order valence-corrected chi connectivity index (χ3v) is 5.34. The second-order valence-electron chi connectivity index (χ2n) is 5.24. The average molecular weight is 277 g/mol. The summed E-state index contributed by atoms with van der Waals surface area (Å²) in [4.78, 5) is 4.48. The maximum Gasteiger partial charge on any atom is 0.153 e. The summed E-state index contributed by atoms with van der Waals surface area (Å²) < 4.78 is 22.9. The number of benzene rings is 1. The fourth-order valence-corrected chi connectivity index (χ4v) is 4.48. The van der Waals surface area contributed by atoms with Crippen LogP contribution in [0.1, 0.15) is 12.1 Å². The van der Waals surface area contributed by atoms with Crippen molar-refractivity contribution in [1.82, 2.24) is 4.98 Å². The standard InChI is InChI=1S/C14H15NO3S/c16-14(7-8-19(17,18)10-14)9-12-6-5-11-3-1-2-4-13(11)15-12/h1-6,16H,7-10H2. The van der Waals surface area contributed by atoms with Gasteiger partial charge in [0.25, 0.3) is 0 Å². The molecule has 5 heteroatoms. The van der Waals surface area contributed by atoms with Crippen LogP contribution in [0, 0.1) is 0 Å². The number of rotatable bonds is 2. The minimum Gasteiger partial charge on any atom is -0.388 e. The monoisotopic (exact) mass is 277 g/mol. The van der Waals surface area contributed by atoms with E-state index >= 15 is 0 Å². The summed E-state index contributed by atoms with van der Waals surface area (Å²) in [6.45, 7) is 0. The molecular formula is C14H15NO3S. The van der Waals surface area contributed by atoms with Crippen molar-refractivity contribution < 1.29 is 13.5 Å². The molecule has 0 aliphatic carbocycles. The van der Waals surface area contributed by atoms with Gasteiger partial charge in [-0.3, -0.25) is 4.98 Å². The van der Waals surface area contributed by atoms with Crippen molar-refractivity contribution >= 4 is 20.7 Å². The number of sulfone groups is 1. The van der Waals surface area contributed by atoms with Crippen LogP contribution in [-0.4, -0.2) is 35.6 Å². The van der Waals surface area contributed by atoms with Gasteiger partial charge in [0.1, 0.15) is 0 Å². The summed E-state index contributed by atoms with van der Waals surface area (Å²) >= 11 is 0. The van der Waals surface area contributed by atoms with Crippen molar-refractivity contribution in [1.29, 1.82) is 0 Å². The lowest BCUT2D eigenvalue weighted by molar-refractivity contribution is 0.0672. The van der Waals surface area contributed by atoms with Gasteiger partial charge in [-0.2, -0.15) is 0 Å². The average Bonchev–Trinajstić information content (AvgIpc) is 2.63. The Morgan fingerprint density at radius 3 is 2.74 bits per heavy atom. The number of hydrogen-bond acceptors (Lipinski definition) is 4. The molecule has 0 bridgehead atoms. The molecule has 0 spiro atoms. The highest BCUT2D eigenvalue weighted by Gasteiger charge is 2.40. The van der Waals surface area contributed by atoms with E-state index in [0.29, 0.717) is 6.42 Å². The molecule has 0 saturated carbocycles.